The van der Waals surface area contributed by atoms with Crippen LogP contribution in [0.3, 0.4) is 0 Å². The third-order valence-electron chi connectivity index (χ3n) is 3.17. The summed E-state index contributed by atoms with van der Waals surface area (Å²) in [5.41, 5.74) is 2.95. The highest BCUT2D eigenvalue weighted by Crippen LogP contribution is 2.30. The minimum Gasteiger partial charge on any atom is -0.408 e. The molecule has 1 aromatic carbocycles. The standard InChI is InChI=1S/C13H12BrN3O3/c1-17-10(4-5-18)16-12(14)11(17)7-2-3-9-8(6-7)15-13(19)20-9/h2-3,6,18H,4-5H2,1H3,(H,15,19). The van der Waals surface area contributed by atoms with E-state index in [0.29, 0.717) is 22.1 Å². The first-order valence-electron chi connectivity index (χ1n) is 6.05. The molecule has 0 amide bonds. The number of oxazole rings is 1. The highest BCUT2D eigenvalue weighted by molar-refractivity contribution is 9.10. The van der Waals surface area contributed by atoms with Crippen LogP contribution in [0.2, 0.25) is 0 Å². The van der Waals surface area contributed by atoms with Crippen molar-refractivity contribution < 1.29 is 9.52 Å². The molecule has 104 valence electrons. The number of aliphatic hydroxyl groups excluding tert-OH is 1. The van der Waals surface area contributed by atoms with Crippen LogP contribution in [0.4, 0.5) is 0 Å². The van der Waals surface area contributed by atoms with E-state index in [2.05, 4.69) is 25.9 Å². The molecular formula is C13H12BrN3O3. The smallest absolute Gasteiger partial charge is 0.408 e. The van der Waals surface area contributed by atoms with Gasteiger partial charge in [0.25, 0.3) is 0 Å². The number of aromatic nitrogens is 3. The maximum Gasteiger partial charge on any atom is 0.417 e. The lowest BCUT2D eigenvalue weighted by molar-refractivity contribution is 0.295. The predicted molar refractivity (Wildman–Crippen MR) is 77.5 cm³/mol. The van der Waals surface area contributed by atoms with Gasteiger partial charge in [-0.05, 0) is 34.1 Å². The maximum atomic E-state index is 11.2. The van der Waals surface area contributed by atoms with Gasteiger partial charge in [0, 0.05) is 19.0 Å². The van der Waals surface area contributed by atoms with Gasteiger partial charge in [0.15, 0.2) is 5.58 Å². The zero-order chi connectivity index (χ0) is 14.3. The van der Waals surface area contributed by atoms with Crippen LogP contribution in [0, 0.1) is 0 Å². The van der Waals surface area contributed by atoms with Crippen LogP contribution >= 0.6 is 15.9 Å². The number of aliphatic hydroxyl groups is 1. The molecule has 7 heteroatoms. The van der Waals surface area contributed by atoms with E-state index in [1.807, 2.05) is 23.7 Å². The van der Waals surface area contributed by atoms with Crippen LogP contribution in [0.5, 0.6) is 0 Å². The molecular weight excluding hydrogens is 326 g/mol. The molecule has 3 aromatic rings. The van der Waals surface area contributed by atoms with E-state index in [4.69, 9.17) is 9.52 Å². The highest BCUT2D eigenvalue weighted by Gasteiger charge is 2.15. The summed E-state index contributed by atoms with van der Waals surface area (Å²) in [6.45, 7) is 0.0464. The molecule has 0 atom stereocenters. The minimum atomic E-state index is -0.470. The number of aromatic amines is 1. The number of imidazole rings is 1. The van der Waals surface area contributed by atoms with Crippen LogP contribution < -0.4 is 5.76 Å². The van der Waals surface area contributed by atoms with E-state index >= 15 is 0 Å². The summed E-state index contributed by atoms with van der Waals surface area (Å²) < 4.78 is 7.60. The molecule has 0 aliphatic rings. The zero-order valence-electron chi connectivity index (χ0n) is 10.7. The van der Waals surface area contributed by atoms with Crippen molar-refractivity contribution in [3.63, 3.8) is 0 Å². The Kier molecular flexibility index (Phi) is 3.23. The first-order chi connectivity index (χ1) is 9.60. The van der Waals surface area contributed by atoms with Crippen molar-refractivity contribution >= 4 is 27.0 Å². The van der Waals surface area contributed by atoms with E-state index in [9.17, 15) is 4.79 Å². The van der Waals surface area contributed by atoms with Gasteiger partial charge in [0.05, 0.1) is 17.8 Å². The van der Waals surface area contributed by atoms with Gasteiger partial charge in [-0.25, -0.2) is 9.78 Å². The summed E-state index contributed by atoms with van der Waals surface area (Å²) in [6, 6.07) is 5.45. The highest BCUT2D eigenvalue weighted by atomic mass is 79.9. The number of hydrogen-bond donors (Lipinski definition) is 2. The van der Waals surface area contributed by atoms with Crippen LogP contribution in [-0.2, 0) is 13.5 Å². The molecule has 2 N–H and O–H groups in total. The summed E-state index contributed by atoms with van der Waals surface area (Å²) in [5, 5.41) is 9.04. The Bertz CT molecular complexity index is 831. The predicted octanol–water partition coefficient (Wildman–Crippen LogP) is 1.82. The largest absolute Gasteiger partial charge is 0.417 e. The summed E-state index contributed by atoms with van der Waals surface area (Å²) in [6.07, 6.45) is 0.486. The molecule has 2 aromatic heterocycles. The van der Waals surface area contributed by atoms with Crippen molar-refractivity contribution in [1.82, 2.24) is 14.5 Å². The third-order valence-corrected chi connectivity index (χ3v) is 3.73. The quantitative estimate of drug-likeness (QED) is 0.763. The lowest BCUT2D eigenvalue weighted by atomic mass is 10.1. The fourth-order valence-electron chi connectivity index (χ4n) is 2.24. The number of hydrogen-bond acceptors (Lipinski definition) is 4. The Morgan fingerprint density at radius 1 is 1.50 bits per heavy atom. The Hall–Kier alpha value is -1.86. The van der Waals surface area contributed by atoms with Gasteiger partial charge in [-0.15, -0.1) is 0 Å². The van der Waals surface area contributed by atoms with Gasteiger partial charge in [0.2, 0.25) is 0 Å². The topological polar surface area (TPSA) is 84.0 Å². The average molecular weight is 338 g/mol. The van der Waals surface area contributed by atoms with Crippen molar-refractivity contribution in [1.29, 1.82) is 0 Å². The van der Waals surface area contributed by atoms with E-state index in [1.165, 1.54) is 0 Å². The fraction of sp³-hybridized carbons (Fsp3) is 0.231. The number of nitrogens with one attached hydrogen (secondary N) is 1. The lowest BCUT2D eigenvalue weighted by Crippen LogP contribution is -2.02. The number of H-pyrrole nitrogens is 1. The number of nitrogens with zero attached hydrogens (tertiary/aromatic N) is 2. The van der Waals surface area contributed by atoms with Gasteiger partial charge < -0.3 is 14.1 Å². The van der Waals surface area contributed by atoms with Crippen molar-refractivity contribution in [2.75, 3.05) is 6.61 Å². The maximum absolute atomic E-state index is 11.2. The normalized spacial score (nSPS) is 11.3. The molecule has 20 heavy (non-hydrogen) atoms. The molecule has 0 bridgehead atoms. The molecule has 0 aliphatic carbocycles. The van der Waals surface area contributed by atoms with Gasteiger partial charge in [-0.3, -0.25) is 4.98 Å². The van der Waals surface area contributed by atoms with Gasteiger partial charge in [0.1, 0.15) is 10.4 Å². The summed E-state index contributed by atoms with van der Waals surface area (Å²) >= 11 is 3.43. The Balaban J connectivity index is 2.17. The number of rotatable bonds is 3. The minimum absolute atomic E-state index is 0.0464. The van der Waals surface area contributed by atoms with E-state index < -0.39 is 5.76 Å². The molecule has 0 saturated carbocycles. The second-order valence-electron chi connectivity index (χ2n) is 4.43. The van der Waals surface area contributed by atoms with E-state index in [1.54, 1.807) is 6.07 Å². The fourth-order valence-corrected chi connectivity index (χ4v) is 2.94. The van der Waals surface area contributed by atoms with Crippen molar-refractivity contribution in [3.8, 4) is 11.3 Å². The summed E-state index contributed by atoms with van der Waals surface area (Å²) in [5.74, 6) is 0.317. The molecule has 6 nitrogen and oxygen atoms in total. The van der Waals surface area contributed by atoms with Gasteiger partial charge in [-0.2, -0.15) is 0 Å². The third kappa shape index (κ3) is 2.08. The zero-order valence-corrected chi connectivity index (χ0v) is 12.3. The van der Waals surface area contributed by atoms with Crippen LogP contribution in [0.15, 0.2) is 32.0 Å². The molecule has 0 aliphatic heterocycles. The molecule has 3 rings (SSSR count). The number of halogens is 1. The van der Waals surface area contributed by atoms with Crippen LogP contribution in [-0.4, -0.2) is 26.2 Å². The van der Waals surface area contributed by atoms with Crippen molar-refractivity contribution in [2.45, 2.75) is 6.42 Å². The molecule has 0 saturated heterocycles. The molecule has 0 unspecified atom stereocenters. The lowest BCUT2D eigenvalue weighted by Gasteiger charge is -2.05. The summed E-state index contributed by atoms with van der Waals surface area (Å²) in [7, 11) is 1.89. The SMILES string of the molecule is Cn1c(CCO)nc(Br)c1-c1ccc2oc(=O)[nH]c2c1. The molecule has 0 radical (unpaired) electrons. The van der Waals surface area contributed by atoms with Gasteiger partial charge in [-0.1, -0.05) is 0 Å². The second-order valence-corrected chi connectivity index (χ2v) is 5.18. The van der Waals surface area contributed by atoms with Crippen molar-refractivity contribution in [2.24, 2.45) is 7.05 Å². The first kappa shape index (κ1) is 13.1. The Labute approximate surface area is 122 Å². The number of benzene rings is 1. The monoisotopic (exact) mass is 337 g/mol. The second kappa shape index (κ2) is 4.92. The van der Waals surface area contributed by atoms with Crippen LogP contribution in [0.1, 0.15) is 5.82 Å². The Morgan fingerprint density at radius 2 is 2.30 bits per heavy atom. The average Bonchev–Trinajstić information content (AvgIpc) is 2.89. The molecule has 0 fully saturated rings. The first-order valence-corrected chi connectivity index (χ1v) is 6.84. The molecule has 2 heterocycles. The van der Waals surface area contributed by atoms with Crippen LogP contribution in [0.25, 0.3) is 22.4 Å². The van der Waals surface area contributed by atoms with E-state index in [0.717, 1.165) is 17.1 Å². The van der Waals surface area contributed by atoms with E-state index in [-0.39, 0.29) is 6.61 Å². The van der Waals surface area contributed by atoms with Crippen molar-refractivity contribution in [3.05, 3.63) is 39.2 Å². The Morgan fingerprint density at radius 3 is 3.05 bits per heavy atom. The number of fused-ring (bicyclic) bond motifs is 1. The van der Waals surface area contributed by atoms with Gasteiger partial charge >= 0.3 is 5.76 Å². The molecule has 0 spiro atoms. The summed E-state index contributed by atoms with van der Waals surface area (Å²) in [4.78, 5) is 18.2.